The van der Waals surface area contributed by atoms with Crippen molar-refractivity contribution in [3.63, 3.8) is 0 Å². The van der Waals surface area contributed by atoms with Gasteiger partial charge in [0.2, 0.25) is 0 Å². The highest BCUT2D eigenvalue weighted by atomic mass is 32.2. The predicted molar refractivity (Wildman–Crippen MR) is 76.2 cm³/mol. The molecular weight excluding hydrogens is 252 g/mol. The fourth-order valence-electron chi connectivity index (χ4n) is 2.13. The zero-order valence-electron chi connectivity index (χ0n) is 10.0. The molecule has 5 heteroatoms. The molecule has 1 aromatic rings. The van der Waals surface area contributed by atoms with Gasteiger partial charge in [-0.2, -0.15) is 0 Å². The quantitative estimate of drug-likeness (QED) is 0.844. The highest BCUT2D eigenvalue weighted by Gasteiger charge is 2.18. The second kappa shape index (κ2) is 5.89. The number of anilines is 1. The van der Waals surface area contributed by atoms with Gasteiger partial charge in [0.1, 0.15) is 0 Å². The minimum absolute atomic E-state index is 0.561. The molecular formula is C12H18N2OS2. The van der Waals surface area contributed by atoms with E-state index in [2.05, 4.69) is 29.4 Å². The van der Waals surface area contributed by atoms with E-state index in [-0.39, 0.29) is 0 Å². The molecule has 94 valence electrons. The van der Waals surface area contributed by atoms with Gasteiger partial charge in [-0.3, -0.25) is 4.21 Å². The van der Waals surface area contributed by atoms with Crippen LogP contribution in [0.4, 0.5) is 5.69 Å². The van der Waals surface area contributed by atoms with Crippen LogP contribution in [0.5, 0.6) is 0 Å². The Morgan fingerprint density at radius 3 is 2.71 bits per heavy atom. The molecule has 1 aliphatic heterocycles. The van der Waals surface area contributed by atoms with Crippen LogP contribution < -0.4 is 10.6 Å². The average molecular weight is 270 g/mol. The fraction of sp³-hybridized carbons (Fsp3) is 0.500. The highest BCUT2D eigenvalue weighted by molar-refractivity contribution is 7.98. The first-order valence-electron chi connectivity index (χ1n) is 5.72. The standard InChI is InChI=1S/C12H18N2OS2/c1-16-12-4-2-3-11(10(12)9-13)14-5-7-17(15)8-6-14/h2-4H,5-9,13H2,1H3. The van der Waals surface area contributed by atoms with Crippen LogP contribution in [0.25, 0.3) is 0 Å². The Balaban J connectivity index is 2.28. The molecule has 0 aliphatic carbocycles. The van der Waals surface area contributed by atoms with Crippen LogP contribution in [0.2, 0.25) is 0 Å². The smallest absolute Gasteiger partial charge is 0.0423 e. The Labute approximate surface area is 109 Å². The van der Waals surface area contributed by atoms with E-state index >= 15 is 0 Å². The summed E-state index contributed by atoms with van der Waals surface area (Å²) in [5.41, 5.74) is 8.30. The van der Waals surface area contributed by atoms with E-state index in [4.69, 9.17) is 5.73 Å². The van der Waals surface area contributed by atoms with E-state index in [9.17, 15) is 4.21 Å². The lowest BCUT2D eigenvalue weighted by Gasteiger charge is -2.30. The van der Waals surface area contributed by atoms with E-state index < -0.39 is 10.8 Å². The normalized spacial score (nSPS) is 17.4. The van der Waals surface area contributed by atoms with Crippen molar-refractivity contribution in [3.05, 3.63) is 23.8 Å². The molecule has 0 unspecified atom stereocenters. The molecule has 1 aromatic carbocycles. The Bertz CT molecular complexity index is 413. The molecule has 0 aromatic heterocycles. The van der Waals surface area contributed by atoms with Crippen molar-refractivity contribution in [2.45, 2.75) is 11.4 Å². The summed E-state index contributed by atoms with van der Waals surface area (Å²) in [4.78, 5) is 3.56. The predicted octanol–water partition coefficient (Wildman–Crippen LogP) is 1.44. The van der Waals surface area contributed by atoms with Crippen molar-refractivity contribution in [3.8, 4) is 0 Å². The van der Waals surface area contributed by atoms with Gasteiger partial charge in [-0.25, -0.2) is 0 Å². The summed E-state index contributed by atoms with van der Waals surface area (Å²) in [7, 11) is -0.628. The Kier molecular flexibility index (Phi) is 4.48. The third-order valence-corrected chi connectivity index (χ3v) is 5.15. The van der Waals surface area contributed by atoms with E-state index in [1.54, 1.807) is 11.8 Å². The molecule has 1 heterocycles. The Morgan fingerprint density at radius 1 is 1.41 bits per heavy atom. The monoisotopic (exact) mass is 270 g/mol. The topological polar surface area (TPSA) is 46.3 Å². The van der Waals surface area contributed by atoms with Gasteiger partial charge < -0.3 is 10.6 Å². The van der Waals surface area contributed by atoms with Gasteiger partial charge in [0.25, 0.3) is 0 Å². The van der Waals surface area contributed by atoms with E-state index in [1.807, 2.05) is 0 Å². The zero-order chi connectivity index (χ0) is 12.3. The zero-order valence-corrected chi connectivity index (χ0v) is 11.6. The summed E-state index contributed by atoms with van der Waals surface area (Å²) in [5.74, 6) is 1.54. The highest BCUT2D eigenvalue weighted by Crippen LogP contribution is 2.29. The largest absolute Gasteiger partial charge is 0.369 e. The van der Waals surface area contributed by atoms with Crippen molar-refractivity contribution < 1.29 is 4.21 Å². The molecule has 0 amide bonds. The van der Waals surface area contributed by atoms with Gasteiger partial charge in [-0.1, -0.05) is 6.07 Å². The molecule has 3 nitrogen and oxygen atoms in total. The van der Waals surface area contributed by atoms with Crippen LogP contribution >= 0.6 is 11.8 Å². The van der Waals surface area contributed by atoms with Gasteiger partial charge >= 0.3 is 0 Å². The third-order valence-electron chi connectivity index (χ3n) is 3.05. The molecule has 2 N–H and O–H groups in total. The average Bonchev–Trinajstić information content (AvgIpc) is 2.38. The summed E-state index contributed by atoms with van der Waals surface area (Å²) >= 11 is 1.73. The van der Waals surface area contributed by atoms with Crippen molar-refractivity contribution in [1.82, 2.24) is 0 Å². The molecule has 0 atom stereocenters. The number of hydrogen-bond acceptors (Lipinski definition) is 4. The fourth-order valence-corrected chi connectivity index (χ4v) is 3.83. The summed E-state index contributed by atoms with van der Waals surface area (Å²) in [6.07, 6.45) is 2.07. The van der Waals surface area contributed by atoms with Crippen molar-refractivity contribution in [2.75, 3.05) is 35.8 Å². The lowest BCUT2D eigenvalue weighted by atomic mass is 10.1. The molecule has 2 rings (SSSR count). The number of hydrogen-bond donors (Lipinski definition) is 1. The summed E-state index contributed by atoms with van der Waals surface area (Å²) in [6.45, 7) is 2.31. The molecule has 1 fully saturated rings. The number of rotatable bonds is 3. The second-order valence-corrected chi connectivity index (χ2v) is 6.54. The van der Waals surface area contributed by atoms with Gasteiger partial charge in [-0.15, -0.1) is 11.8 Å². The van der Waals surface area contributed by atoms with Crippen molar-refractivity contribution >= 4 is 28.2 Å². The van der Waals surface area contributed by atoms with Crippen LogP contribution in [0.3, 0.4) is 0 Å². The first-order valence-corrected chi connectivity index (χ1v) is 8.43. The summed E-state index contributed by atoms with van der Waals surface area (Å²) in [5, 5.41) is 0. The third kappa shape index (κ3) is 2.84. The maximum absolute atomic E-state index is 11.4. The number of benzene rings is 1. The molecule has 0 spiro atoms. The van der Waals surface area contributed by atoms with Gasteiger partial charge in [-0.05, 0) is 18.4 Å². The number of nitrogens with zero attached hydrogens (tertiary/aromatic N) is 1. The maximum Gasteiger partial charge on any atom is 0.0423 e. The Hall–Kier alpha value is -0.520. The summed E-state index contributed by atoms with van der Waals surface area (Å²) < 4.78 is 11.4. The minimum Gasteiger partial charge on any atom is -0.369 e. The Morgan fingerprint density at radius 2 is 2.12 bits per heavy atom. The van der Waals surface area contributed by atoms with Gasteiger partial charge in [0, 0.05) is 58.1 Å². The number of thioether (sulfide) groups is 1. The molecule has 0 radical (unpaired) electrons. The maximum atomic E-state index is 11.4. The van der Waals surface area contributed by atoms with Crippen LogP contribution in [0, 0.1) is 0 Å². The van der Waals surface area contributed by atoms with Gasteiger partial charge in [0.15, 0.2) is 0 Å². The number of nitrogens with two attached hydrogens (primary N) is 1. The first-order chi connectivity index (χ1) is 8.26. The van der Waals surface area contributed by atoms with Crippen LogP contribution in [0.1, 0.15) is 5.56 Å². The van der Waals surface area contributed by atoms with Crippen molar-refractivity contribution in [2.24, 2.45) is 5.73 Å². The van der Waals surface area contributed by atoms with E-state index in [1.165, 1.54) is 16.1 Å². The second-order valence-electron chi connectivity index (χ2n) is 4.00. The van der Waals surface area contributed by atoms with Crippen LogP contribution in [0.15, 0.2) is 23.1 Å². The molecule has 1 aliphatic rings. The molecule has 17 heavy (non-hydrogen) atoms. The molecule has 0 bridgehead atoms. The molecule has 0 saturated carbocycles. The van der Waals surface area contributed by atoms with Gasteiger partial charge in [0.05, 0.1) is 0 Å². The summed E-state index contributed by atoms with van der Waals surface area (Å²) in [6, 6.07) is 6.31. The lowest BCUT2D eigenvalue weighted by molar-refractivity contribution is 0.673. The van der Waals surface area contributed by atoms with E-state index in [0.29, 0.717) is 6.54 Å². The minimum atomic E-state index is -0.628. The SMILES string of the molecule is CSc1cccc(N2CCS(=O)CC2)c1CN. The van der Waals surface area contributed by atoms with Crippen LogP contribution in [-0.2, 0) is 17.3 Å². The first kappa shape index (κ1) is 12.9. The van der Waals surface area contributed by atoms with E-state index in [0.717, 1.165) is 24.6 Å². The van der Waals surface area contributed by atoms with Crippen molar-refractivity contribution in [1.29, 1.82) is 0 Å². The molecule has 1 saturated heterocycles. The van der Waals surface area contributed by atoms with Crippen LogP contribution in [-0.4, -0.2) is 35.1 Å². The lowest BCUT2D eigenvalue weighted by Crippen LogP contribution is -2.38.